The van der Waals surface area contributed by atoms with E-state index >= 15 is 0 Å². The van der Waals surface area contributed by atoms with Crippen molar-refractivity contribution in [2.45, 2.75) is 13.0 Å². The number of carbonyl (C=O) groups is 1. The Balaban J connectivity index is 1.84. The van der Waals surface area contributed by atoms with Gasteiger partial charge in [-0.25, -0.2) is 5.43 Å². The number of hydrogen-bond donors (Lipinski definition) is 1. The lowest BCUT2D eigenvalue weighted by molar-refractivity contribution is -0.385. The molecule has 0 fully saturated rings. The number of nitrogens with zero attached hydrogens (tertiary/aromatic N) is 4. The van der Waals surface area contributed by atoms with E-state index in [4.69, 9.17) is 4.74 Å². The molecule has 0 bridgehead atoms. The van der Waals surface area contributed by atoms with Crippen molar-refractivity contribution in [2.75, 3.05) is 7.11 Å². The van der Waals surface area contributed by atoms with Gasteiger partial charge in [-0.05, 0) is 12.1 Å². The van der Waals surface area contributed by atoms with E-state index in [0.29, 0.717) is 4.88 Å². The lowest BCUT2D eigenvalue weighted by atomic mass is 10.4. The van der Waals surface area contributed by atoms with Crippen molar-refractivity contribution in [3.8, 4) is 5.88 Å². The second kappa shape index (κ2) is 7.45. The molecule has 0 radical (unpaired) electrons. The summed E-state index contributed by atoms with van der Waals surface area (Å²) in [5.41, 5.74) is 2.00. The molecule has 1 amide bonds. The van der Waals surface area contributed by atoms with Gasteiger partial charge < -0.3 is 4.74 Å². The van der Waals surface area contributed by atoms with Gasteiger partial charge in [0, 0.05) is 6.42 Å². The molecule has 1 N–H and O–H groups in total. The Labute approximate surface area is 133 Å². The van der Waals surface area contributed by atoms with Crippen molar-refractivity contribution in [2.24, 2.45) is 5.10 Å². The average Bonchev–Trinajstić information content (AvgIpc) is 3.11. The standard InChI is InChI=1S/C12H12FN5O4S/c1-22-12-9(18(20)21)7-17(16-12)5-4-11(19)15-14-6-8-2-3-10(13)23-8/h2-3,6-7H,4-5H2,1H3,(H,15,19)/b14-6-. The zero-order valence-electron chi connectivity index (χ0n) is 11.9. The number of thiophene rings is 1. The number of aryl methyl sites for hydroxylation is 1. The Morgan fingerprint density at radius 3 is 3.00 bits per heavy atom. The van der Waals surface area contributed by atoms with E-state index in [2.05, 4.69) is 15.6 Å². The fourth-order valence-corrected chi connectivity index (χ4v) is 2.22. The summed E-state index contributed by atoms with van der Waals surface area (Å²) in [6, 6.07) is 2.83. The number of aromatic nitrogens is 2. The predicted octanol–water partition coefficient (Wildman–Crippen LogP) is 1.54. The molecule has 122 valence electrons. The Kier molecular flexibility index (Phi) is 5.36. The van der Waals surface area contributed by atoms with Gasteiger partial charge >= 0.3 is 11.6 Å². The highest BCUT2D eigenvalue weighted by Crippen LogP contribution is 2.23. The number of rotatable bonds is 7. The van der Waals surface area contributed by atoms with Crippen LogP contribution in [0.3, 0.4) is 0 Å². The van der Waals surface area contributed by atoms with Crippen molar-refractivity contribution < 1.29 is 18.8 Å². The first-order valence-electron chi connectivity index (χ1n) is 6.32. The lowest BCUT2D eigenvalue weighted by Gasteiger charge is -1.99. The van der Waals surface area contributed by atoms with Crippen LogP contribution in [0.2, 0.25) is 0 Å². The number of halogens is 1. The normalized spacial score (nSPS) is 10.9. The Hall–Kier alpha value is -2.82. The molecule has 23 heavy (non-hydrogen) atoms. The maximum Gasteiger partial charge on any atom is 0.350 e. The van der Waals surface area contributed by atoms with E-state index in [1.807, 2.05) is 0 Å². The average molecular weight is 341 g/mol. The third-order valence-electron chi connectivity index (χ3n) is 2.64. The molecule has 0 aromatic carbocycles. The van der Waals surface area contributed by atoms with Gasteiger partial charge in [-0.3, -0.25) is 19.6 Å². The molecule has 0 saturated heterocycles. The highest BCUT2D eigenvalue weighted by molar-refractivity contribution is 7.12. The molecule has 0 aliphatic heterocycles. The topological polar surface area (TPSA) is 112 Å². The first kappa shape index (κ1) is 16.5. The van der Waals surface area contributed by atoms with Crippen LogP contribution in [0.1, 0.15) is 11.3 Å². The first-order valence-corrected chi connectivity index (χ1v) is 7.14. The fraction of sp³-hybridized carbons (Fsp3) is 0.250. The van der Waals surface area contributed by atoms with E-state index in [9.17, 15) is 19.3 Å². The second-order valence-electron chi connectivity index (χ2n) is 4.23. The number of nitrogens with one attached hydrogen (secondary N) is 1. The van der Waals surface area contributed by atoms with Gasteiger partial charge in [-0.2, -0.15) is 9.49 Å². The molecule has 2 aromatic rings. The largest absolute Gasteiger partial charge is 0.475 e. The minimum absolute atomic E-state index is 0.0120. The van der Waals surface area contributed by atoms with Gasteiger partial charge in [0.1, 0.15) is 6.20 Å². The third kappa shape index (κ3) is 4.57. The number of amides is 1. The molecular formula is C12H12FN5O4S. The summed E-state index contributed by atoms with van der Waals surface area (Å²) < 4.78 is 18.8. The number of ether oxygens (including phenoxy) is 1. The summed E-state index contributed by atoms with van der Waals surface area (Å²) >= 11 is 0.900. The maximum atomic E-state index is 12.7. The smallest absolute Gasteiger partial charge is 0.350 e. The minimum Gasteiger partial charge on any atom is -0.475 e. The van der Waals surface area contributed by atoms with Gasteiger partial charge in [0.15, 0.2) is 5.13 Å². The predicted molar refractivity (Wildman–Crippen MR) is 80.1 cm³/mol. The van der Waals surface area contributed by atoms with Crippen LogP contribution in [-0.4, -0.2) is 33.9 Å². The van der Waals surface area contributed by atoms with E-state index in [1.54, 1.807) is 0 Å². The number of methoxy groups -OCH3 is 1. The zero-order chi connectivity index (χ0) is 16.8. The molecule has 0 aliphatic carbocycles. The molecule has 2 heterocycles. The Bertz CT molecular complexity index is 742. The maximum absolute atomic E-state index is 12.7. The third-order valence-corrected chi connectivity index (χ3v) is 3.45. The molecule has 0 aliphatic rings. The van der Waals surface area contributed by atoms with Crippen LogP contribution in [-0.2, 0) is 11.3 Å². The van der Waals surface area contributed by atoms with Gasteiger partial charge in [0.2, 0.25) is 5.91 Å². The van der Waals surface area contributed by atoms with E-state index < -0.39 is 10.8 Å². The fourth-order valence-electron chi connectivity index (χ4n) is 1.62. The summed E-state index contributed by atoms with van der Waals surface area (Å²) in [7, 11) is 1.27. The van der Waals surface area contributed by atoms with Crippen molar-refractivity contribution in [1.82, 2.24) is 15.2 Å². The number of hydrazone groups is 1. The summed E-state index contributed by atoms with van der Waals surface area (Å²) in [5, 5.41) is 18.0. The van der Waals surface area contributed by atoms with Crippen LogP contribution in [0.4, 0.5) is 10.1 Å². The van der Waals surface area contributed by atoms with Gasteiger partial charge in [-0.15, -0.1) is 16.4 Å². The molecule has 0 atom stereocenters. The Morgan fingerprint density at radius 2 is 2.43 bits per heavy atom. The van der Waals surface area contributed by atoms with Crippen LogP contribution in [0.15, 0.2) is 23.4 Å². The lowest BCUT2D eigenvalue weighted by Crippen LogP contribution is -2.19. The highest BCUT2D eigenvalue weighted by Gasteiger charge is 2.20. The van der Waals surface area contributed by atoms with Gasteiger partial charge in [-0.1, -0.05) is 0 Å². The molecule has 0 unspecified atom stereocenters. The van der Waals surface area contributed by atoms with E-state index in [0.717, 1.165) is 11.3 Å². The molecule has 2 rings (SSSR count). The molecule has 11 heteroatoms. The first-order chi connectivity index (χ1) is 11.0. The quantitative estimate of drug-likeness (QED) is 0.466. The van der Waals surface area contributed by atoms with Crippen LogP contribution < -0.4 is 10.2 Å². The summed E-state index contributed by atoms with van der Waals surface area (Å²) in [4.78, 5) is 22.3. The SMILES string of the molecule is COc1nn(CCC(=O)N/N=C\c2ccc(F)s2)cc1[N+](=O)[O-]. The highest BCUT2D eigenvalue weighted by atomic mass is 32.1. The van der Waals surface area contributed by atoms with Crippen molar-refractivity contribution >= 4 is 29.1 Å². The van der Waals surface area contributed by atoms with Crippen LogP contribution in [0.5, 0.6) is 5.88 Å². The minimum atomic E-state index is -0.618. The Morgan fingerprint density at radius 1 is 1.65 bits per heavy atom. The van der Waals surface area contributed by atoms with E-state index in [-0.39, 0.29) is 29.7 Å². The van der Waals surface area contributed by atoms with Crippen LogP contribution in [0, 0.1) is 15.2 Å². The number of nitro groups is 1. The molecule has 0 spiro atoms. The van der Waals surface area contributed by atoms with Crippen molar-refractivity contribution in [1.29, 1.82) is 0 Å². The summed E-state index contributed by atoms with van der Waals surface area (Å²) in [6.45, 7) is 0.124. The number of carbonyl (C=O) groups excluding carboxylic acids is 1. The van der Waals surface area contributed by atoms with Crippen molar-refractivity contribution in [3.05, 3.63) is 38.5 Å². The number of hydrogen-bond acceptors (Lipinski definition) is 7. The van der Waals surface area contributed by atoms with Crippen molar-refractivity contribution in [3.63, 3.8) is 0 Å². The van der Waals surface area contributed by atoms with Crippen LogP contribution in [0.25, 0.3) is 0 Å². The van der Waals surface area contributed by atoms with Gasteiger partial charge in [0.25, 0.3) is 0 Å². The van der Waals surface area contributed by atoms with E-state index in [1.165, 1.54) is 36.3 Å². The molecule has 0 saturated carbocycles. The molecule has 9 nitrogen and oxygen atoms in total. The molecular weight excluding hydrogens is 329 g/mol. The zero-order valence-corrected chi connectivity index (χ0v) is 12.7. The van der Waals surface area contributed by atoms with Gasteiger partial charge in [0.05, 0.1) is 29.7 Å². The summed E-state index contributed by atoms with van der Waals surface area (Å²) in [5.74, 6) is -0.524. The monoisotopic (exact) mass is 341 g/mol. The molecule has 2 aromatic heterocycles. The second-order valence-corrected chi connectivity index (χ2v) is 5.29. The van der Waals surface area contributed by atoms with Crippen LogP contribution >= 0.6 is 11.3 Å². The summed E-state index contributed by atoms with van der Waals surface area (Å²) in [6.07, 6.45) is 2.52.